The van der Waals surface area contributed by atoms with Gasteiger partial charge in [0.05, 0.1) is 6.54 Å². The van der Waals surface area contributed by atoms with Crippen LogP contribution in [0.25, 0.3) is 5.78 Å². The molecule has 9 nitrogen and oxygen atoms in total. The average molecular weight is 328 g/mol. The summed E-state index contributed by atoms with van der Waals surface area (Å²) in [6.45, 7) is 1.73. The van der Waals surface area contributed by atoms with Crippen LogP contribution in [0.5, 0.6) is 0 Å². The number of rotatable bonds is 3. The van der Waals surface area contributed by atoms with Gasteiger partial charge in [-0.05, 0) is 6.92 Å². The van der Waals surface area contributed by atoms with Crippen LogP contribution in [0.15, 0.2) is 10.9 Å². The van der Waals surface area contributed by atoms with Gasteiger partial charge in [0.1, 0.15) is 5.82 Å². The number of halogens is 3. The molecule has 0 fully saturated rings. The normalized spacial score (nSPS) is 12.0. The fraction of sp³-hybridized carbons (Fsp3) is 0.364. The van der Waals surface area contributed by atoms with Gasteiger partial charge in [0, 0.05) is 18.8 Å². The Morgan fingerprint density at radius 1 is 1.35 bits per heavy atom. The van der Waals surface area contributed by atoms with Crippen LogP contribution in [-0.2, 0) is 19.8 Å². The lowest BCUT2D eigenvalue weighted by molar-refractivity contribution is -0.144. The molecule has 0 aliphatic carbocycles. The van der Waals surface area contributed by atoms with Crippen molar-refractivity contribution in [1.29, 1.82) is 0 Å². The lowest BCUT2D eigenvalue weighted by atomic mass is 10.4. The number of aryl methyl sites for hydroxylation is 1. The van der Waals surface area contributed by atoms with Crippen molar-refractivity contribution in [2.75, 3.05) is 5.32 Å². The van der Waals surface area contributed by atoms with Gasteiger partial charge in [0.15, 0.2) is 5.82 Å². The van der Waals surface area contributed by atoms with Crippen molar-refractivity contribution >= 4 is 11.6 Å². The fourth-order valence-electron chi connectivity index (χ4n) is 1.94. The molecule has 0 aliphatic rings. The van der Waals surface area contributed by atoms with Gasteiger partial charge in [-0.15, -0.1) is 5.10 Å². The monoisotopic (exact) mass is 328 g/mol. The third-order valence-electron chi connectivity index (χ3n) is 3.09. The Bertz CT molecular complexity index is 922. The lowest BCUT2D eigenvalue weighted by Crippen LogP contribution is -2.17. The number of aromatic nitrogens is 7. The first-order valence-corrected chi connectivity index (χ1v) is 6.41. The third kappa shape index (κ3) is 2.74. The zero-order valence-corrected chi connectivity index (χ0v) is 12.0. The second-order valence-corrected chi connectivity index (χ2v) is 4.79. The molecule has 0 bridgehead atoms. The predicted molar refractivity (Wildman–Crippen MR) is 71.7 cm³/mol. The van der Waals surface area contributed by atoms with Crippen molar-refractivity contribution in [3.8, 4) is 0 Å². The summed E-state index contributed by atoms with van der Waals surface area (Å²) >= 11 is 0. The number of hydrogen-bond acceptors (Lipinski definition) is 6. The highest BCUT2D eigenvalue weighted by Gasteiger charge is 2.36. The molecule has 0 radical (unpaired) electrons. The molecular weight excluding hydrogens is 317 g/mol. The Kier molecular flexibility index (Phi) is 3.30. The minimum absolute atomic E-state index is 0.106. The first kappa shape index (κ1) is 15.0. The number of anilines is 1. The number of alkyl halides is 3. The Morgan fingerprint density at radius 3 is 2.70 bits per heavy atom. The van der Waals surface area contributed by atoms with Gasteiger partial charge in [-0.25, -0.2) is 14.9 Å². The maximum absolute atomic E-state index is 12.7. The van der Waals surface area contributed by atoms with Gasteiger partial charge in [-0.1, -0.05) is 0 Å². The fourth-order valence-corrected chi connectivity index (χ4v) is 1.94. The molecule has 0 spiro atoms. The summed E-state index contributed by atoms with van der Waals surface area (Å²) in [7, 11) is 1.52. The maximum Gasteiger partial charge on any atom is 0.453 e. The summed E-state index contributed by atoms with van der Waals surface area (Å²) < 4.78 is 40.4. The van der Waals surface area contributed by atoms with Crippen LogP contribution < -0.4 is 11.0 Å². The summed E-state index contributed by atoms with van der Waals surface area (Å²) in [5.74, 6) is -0.804. The minimum atomic E-state index is -4.66. The van der Waals surface area contributed by atoms with E-state index < -0.39 is 17.7 Å². The lowest BCUT2D eigenvalue weighted by Gasteiger charge is -2.07. The second-order valence-electron chi connectivity index (χ2n) is 4.79. The van der Waals surface area contributed by atoms with E-state index in [1.54, 1.807) is 6.92 Å². The number of hydrogen-bond donors (Lipinski definition) is 2. The van der Waals surface area contributed by atoms with Gasteiger partial charge in [0.2, 0.25) is 0 Å². The van der Waals surface area contributed by atoms with Crippen LogP contribution in [-0.4, -0.2) is 34.3 Å². The highest BCUT2D eigenvalue weighted by atomic mass is 19.4. The van der Waals surface area contributed by atoms with Gasteiger partial charge in [0.25, 0.3) is 11.6 Å². The van der Waals surface area contributed by atoms with Gasteiger partial charge in [-0.2, -0.15) is 27.8 Å². The first-order valence-electron chi connectivity index (χ1n) is 6.41. The zero-order valence-electron chi connectivity index (χ0n) is 12.0. The molecule has 3 aromatic heterocycles. The molecule has 0 saturated carbocycles. The van der Waals surface area contributed by atoms with Crippen molar-refractivity contribution in [2.24, 2.45) is 7.05 Å². The average Bonchev–Trinajstić information content (AvgIpc) is 3.01. The Balaban J connectivity index is 1.98. The Labute approximate surface area is 126 Å². The van der Waals surface area contributed by atoms with E-state index in [-0.39, 0.29) is 18.1 Å². The van der Waals surface area contributed by atoms with Gasteiger partial charge in [-0.3, -0.25) is 4.57 Å². The molecule has 122 valence electrons. The smallest absolute Gasteiger partial charge is 0.363 e. The zero-order chi connectivity index (χ0) is 16.8. The highest BCUT2D eigenvalue weighted by Crippen LogP contribution is 2.27. The van der Waals surface area contributed by atoms with Crippen LogP contribution in [0.1, 0.15) is 17.3 Å². The van der Waals surface area contributed by atoms with E-state index in [9.17, 15) is 18.0 Å². The Hall–Kier alpha value is -2.92. The largest absolute Gasteiger partial charge is 0.453 e. The molecule has 0 aromatic carbocycles. The molecule has 3 rings (SSSR count). The highest BCUT2D eigenvalue weighted by molar-refractivity contribution is 5.45. The molecule has 12 heteroatoms. The molecule has 23 heavy (non-hydrogen) atoms. The van der Waals surface area contributed by atoms with E-state index in [1.807, 2.05) is 0 Å². The molecular formula is C11H11F3N8O. The van der Waals surface area contributed by atoms with E-state index in [4.69, 9.17) is 0 Å². The van der Waals surface area contributed by atoms with Crippen molar-refractivity contribution in [2.45, 2.75) is 19.6 Å². The van der Waals surface area contributed by atoms with E-state index >= 15 is 0 Å². The molecule has 0 atom stereocenters. The minimum Gasteiger partial charge on any atom is -0.363 e. The topological polar surface area (TPSA) is 106 Å². The summed E-state index contributed by atoms with van der Waals surface area (Å²) in [5.41, 5.74) is 0.0787. The summed E-state index contributed by atoms with van der Waals surface area (Å²) in [6, 6.07) is 1.52. The van der Waals surface area contributed by atoms with Crippen LogP contribution in [0.3, 0.4) is 0 Å². The van der Waals surface area contributed by atoms with E-state index in [0.29, 0.717) is 11.5 Å². The van der Waals surface area contributed by atoms with Crippen molar-refractivity contribution in [1.82, 2.24) is 34.3 Å². The quantitative estimate of drug-likeness (QED) is 0.725. The van der Waals surface area contributed by atoms with Crippen LogP contribution in [0.2, 0.25) is 0 Å². The number of aromatic amines is 1. The second kappa shape index (κ2) is 5.07. The number of H-pyrrole nitrogens is 1. The van der Waals surface area contributed by atoms with E-state index in [2.05, 4.69) is 30.6 Å². The molecule has 2 N–H and O–H groups in total. The van der Waals surface area contributed by atoms with Gasteiger partial charge < -0.3 is 5.32 Å². The summed E-state index contributed by atoms with van der Waals surface area (Å²) in [5, 5.41) is 12.4. The van der Waals surface area contributed by atoms with Crippen LogP contribution >= 0.6 is 0 Å². The van der Waals surface area contributed by atoms with Gasteiger partial charge >= 0.3 is 11.9 Å². The molecule has 0 aliphatic heterocycles. The molecule has 3 heterocycles. The standard InChI is InChI=1S/C11H11F3N8O/c1-5-3-6(15-4-7-18-19-10(23)21(7)2)22-9(16-5)17-8(20-22)11(12,13)14/h3,15H,4H2,1-2H3,(H,19,23). The summed E-state index contributed by atoms with van der Waals surface area (Å²) in [6.07, 6.45) is -4.66. The number of nitrogens with one attached hydrogen (secondary N) is 2. The molecule has 0 amide bonds. The van der Waals surface area contributed by atoms with E-state index in [0.717, 1.165) is 4.52 Å². The van der Waals surface area contributed by atoms with E-state index in [1.165, 1.54) is 17.7 Å². The van der Waals surface area contributed by atoms with Crippen molar-refractivity contribution < 1.29 is 13.2 Å². The van der Waals surface area contributed by atoms with Crippen molar-refractivity contribution in [3.63, 3.8) is 0 Å². The maximum atomic E-state index is 12.7. The Morgan fingerprint density at radius 2 is 2.09 bits per heavy atom. The van der Waals surface area contributed by atoms with Crippen molar-refractivity contribution in [3.05, 3.63) is 33.9 Å². The summed E-state index contributed by atoms with van der Waals surface area (Å²) in [4.78, 5) is 18.6. The molecule has 0 unspecified atom stereocenters. The molecule has 3 aromatic rings. The first-order chi connectivity index (χ1) is 10.8. The SMILES string of the molecule is Cc1cc(NCc2n[nH]c(=O)n2C)n2nc(C(F)(F)F)nc2n1. The van der Waals surface area contributed by atoms with Crippen LogP contribution in [0, 0.1) is 6.92 Å². The third-order valence-corrected chi connectivity index (χ3v) is 3.09. The number of fused-ring (bicyclic) bond motifs is 1. The van der Waals surface area contributed by atoms with Crippen LogP contribution in [0.4, 0.5) is 19.0 Å². The molecule has 0 saturated heterocycles. The predicted octanol–water partition coefficient (Wildman–Crippen LogP) is 0.485. The number of nitrogens with zero attached hydrogens (tertiary/aromatic N) is 6.